The Morgan fingerprint density at radius 3 is 2.70 bits per heavy atom. The Morgan fingerprint density at radius 1 is 1.17 bits per heavy atom. The summed E-state index contributed by atoms with van der Waals surface area (Å²) in [7, 11) is 0. The van der Waals surface area contributed by atoms with Gasteiger partial charge in [0.25, 0.3) is 0 Å². The van der Waals surface area contributed by atoms with Crippen molar-refractivity contribution in [3.05, 3.63) is 23.8 Å². The van der Waals surface area contributed by atoms with Crippen molar-refractivity contribution in [1.82, 2.24) is 9.88 Å². The molecule has 2 saturated heterocycles. The Bertz CT molecular complexity index is 657. The molecule has 2 fully saturated rings. The Hall–Kier alpha value is -1.17. The molecule has 5 heteroatoms. The molecule has 1 aromatic heterocycles. The number of piperazine rings is 1. The summed E-state index contributed by atoms with van der Waals surface area (Å²) in [5, 5.41) is 1.19. The summed E-state index contributed by atoms with van der Waals surface area (Å²) in [5.41, 5.74) is 2.55. The van der Waals surface area contributed by atoms with Crippen LogP contribution in [0.5, 0.6) is 0 Å². The summed E-state index contributed by atoms with van der Waals surface area (Å²) in [4.78, 5) is 9.97. The third-order valence-corrected chi connectivity index (χ3v) is 6.22. The largest absolute Gasteiger partial charge is 0.381 e. The highest BCUT2D eigenvalue weighted by molar-refractivity contribution is 7.22. The standard InChI is InChI=1S/C18H25N3OS/c1-2-14-3-4-16-17(13-14)23-18(19-16)21-9-7-20(8-10-21)15-5-11-22-12-6-15/h3-4,13,15H,2,5-12H2,1H3. The Kier molecular flexibility index (Phi) is 4.51. The van der Waals surface area contributed by atoms with Crippen molar-refractivity contribution in [3.8, 4) is 0 Å². The van der Waals surface area contributed by atoms with Crippen LogP contribution < -0.4 is 4.90 Å². The predicted octanol–water partition coefficient (Wildman–Crippen LogP) is 3.16. The normalized spacial score (nSPS) is 21.2. The van der Waals surface area contributed by atoms with Crippen molar-refractivity contribution < 1.29 is 4.74 Å². The van der Waals surface area contributed by atoms with Gasteiger partial charge in [-0.15, -0.1) is 0 Å². The summed E-state index contributed by atoms with van der Waals surface area (Å²) in [6.45, 7) is 8.57. The molecule has 0 saturated carbocycles. The number of hydrogen-bond donors (Lipinski definition) is 0. The fourth-order valence-corrected chi connectivity index (χ4v) is 4.72. The van der Waals surface area contributed by atoms with Crippen molar-refractivity contribution in [3.63, 3.8) is 0 Å². The van der Waals surface area contributed by atoms with Crippen LogP contribution in [0.15, 0.2) is 18.2 Å². The van der Waals surface area contributed by atoms with Crippen LogP contribution in [0.4, 0.5) is 5.13 Å². The van der Waals surface area contributed by atoms with Crippen LogP contribution in [0.2, 0.25) is 0 Å². The van der Waals surface area contributed by atoms with Gasteiger partial charge in [0.05, 0.1) is 10.2 Å². The summed E-state index contributed by atoms with van der Waals surface area (Å²) in [6.07, 6.45) is 3.48. The molecule has 3 heterocycles. The van der Waals surface area contributed by atoms with Crippen molar-refractivity contribution in [2.75, 3.05) is 44.3 Å². The van der Waals surface area contributed by atoms with E-state index in [0.717, 1.165) is 57.4 Å². The maximum Gasteiger partial charge on any atom is 0.186 e. The minimum absolute atomic E-state index is 0.730. The fraction of sp³-hybridized carbons (Fsp3) is 0.611. The molecule has 124 valence electrons. The van der Waals surface area contributed by atoms with Crippen LogP contribution in [0.3, 0.4) is 0 Å². The number of rotatable bonds is 3. The monoisotopic (exact) mass is 331 g/mol. The quantitative estimate of drug-likeness (QED) is 0.864. The smallest absolute Gasteiger partial charge is 0.186 e. The van der Waals surface area contributed by atoms with E-state index in [0.29, 0.717) is 0 Å². The highest BCUT2D eigenvalue weighted by atomic mass is 32.1. The third-order valence-electron chi connectivity index (χ3n) is 5.14. The summed E-state index contributed by atoms with van der Waals surface area (Å²) in [5.74, 6) is 0. The van der Waals surface area contributed by atoms with Gasteiger partial charge in [-0.3, -0.25) is 4.90 Å². The van der Waals surface area contributed by atoms with E-state index in [-0.39, 0.29) is 0 Å². The van der Waals surface area contributed by atoms with Crippen LogP contribution in [0.1, 0.15) is 25.3 Å². The average Bonchev–Trinajstić information content (AvgIpc) is 3.05. The number of thiazole rings is 1. The van der Waals surface area contributed by atoms with Gasteiger partial charge in [0.2, 0.25) is 0 Å². The van der Waals surface area contributed by atoms with Crippen molar-refractivity contribution in [2.45, 2.75) is 32.2 Å². The average molecular weight is 331 g/mol. The number of benzene rings is 1. The van der Waals surface area contributed by atoms with E-state index in [1.54, 1.807) is 0 Å². The van der Waals surface area contributed by atoms with Gasteiger partial charge in [-0.1, -0.05) is 24.3 Å². The van der Waals surface area contributed by atoms with Crippen LogP contribution in [0.25, 0.3) is 10.2 Å². The summed E-state index contributed by atoms with van der Waals surface area (Å²) >= 11 is 1.85. The van der Waals surface area contributed by atoms with Gasteiger partial charge in [-0.05, 0) is 37.0 Å². The Labute approximate surface area is 142 Å². The number of fused-ring (bicyclic) bond motifs is 1. The van der Waals surface area contributed by atoms with Gasteiger partial charge >= 0.3 is 0 Å². The second-order valence-electron chi connectivity index (χ2n) is 6.52. The number of nitrogens with zero attached hydrogens (tertiary/aromatic N) is 3. The van der Waals surface area contributed by atoms with E-state index in [2.05, 4.69) is 34.9 Å². The first-order chi connectivity index (χ1) is 11.3. The second-order valence-corrected chi connectivity index (χ2v) is 7.53. The third kappa shape index (κ3) is 3.23. The number of ether oxygens (including phenoxy) is 1. The van der Waals surface area contributed by atoms with E-state index < -0.39 is 0 Å². The molecule has 0 amide bonds. The summed E-state index contributed by atoms with van der Waals surface area (Å²) in [6, 6.07) is 7.41. The summed E-state index contributed by atoms with van der Waals surface area (Å²) < 4.78 is 6.81. The first kappa shape index (κ1) is 15.4. The molecule has 0 atom stereocenters. The van der Waals surface area contributed by atoms with Crippen LogP contribution in [-0.4, -0.2) is 55.3 Å². The number of aryl methyl sites for hydroxylation is 1. The molecule has 0 aliphatic carbocycles. The zero-order valence-electron chi connectivity index (χ0n) is 13.8. The van der Waals surface area contributed by atoms with Crippen LogP contribution >= 0.6 is 11.3 Å². The van der Waals surface area contributed by atoms with Crippen molar-refractivity contribution in [2.24, 2.45) is 0 Å². The zero-order valence-corrected chi connectivity index (χ0v) is 14.6. The molecular formula is C18H25N3OS. The molecule has 0 radical (unpaired) electrons. The number of aromatic nitrogens is 1. The van der Waals surface area contributed by atoms with Gasteiger partial charge in [0.15, 0.2) is 5.13 Å². The maximum atomic E-state index is 5.49. The van der Waals surface area contributed by atoms with E-state index in [1.165, 1.54) is 28.2 Å². The second kappa shape index (κ2) is 6.75. The SMILES string of the molecule is CCc1ccc2nc(N3CCN(C4CCOCC4)CC3)sc2c1. The first-order valence-electron chi connectivity index (χ1n) is 8.79. The molecule has 23 heavy (non-hydrogen) atoms. The van der Waals surface area contributed by atoms with Crippen LogP contribution in [0, 0.1) is 0 Å². The topological polar surface area (TPSA) is 28.6 Å². The van der Waals surface area contributed by atoms with Gasteiger partial charge < -0.3 is 9.64 Å². The molecule has 2 aliphatic rings. The lowest BCUT2D eigenvalue weighted by Gasteiger charge is -2.40. The molecule has 4 rings (SSSR count). The van der Waals surface area contributed by atoms with Gasteiger partial charge in [0, 0.05) is 45.4 Å². The van der Waals surface area contributed by atoms with E-state index in [1.807, 2.05) is 11.3 Å². The highest BCUT2D eigenvalue weighted by Crippen LogP contribution is 2.30. The molecular weight excluding hydrogens is 306 g/mol. The minimum atomic E-state index is 0.730. The van der Waals surface area contributed by atoms with E-state index in [9.17, 15) is 0 Å². The van der Waals surface area contributed by atoms with Crippen molar-refractivity contribution in [1.29, 1.82) is 0 Å². The van der Waals surface area contributed by atoms with Gasteiger partial charge in [-0.2, -0.15) is 0 Å². The zero-order chi connectivity index (χ0) is 15.6. The highest BCUT2D eigenvalue weighted by Gasteiger charge is 2.26. The molecule has 2 aromatic rings. The molecule has 0 bridgehead atoms. The Morgan fingerprint density at radius 2 is 1.96 bits per heavy atom. The van der Waals surface area contributed by atoms with Crippen LogP contribution in [-0.2, 0) is 11.2 Å². The van der Waals surface area contributed by atoms with E-state index in [4.69, 9.17) is 9.72 Å². The molecule has 4 nitrogen and oxygen atoms in total. The molecule has 1 aromatic carbocycles. The predicted molar refractivity (Wildman–Crippen MR) is 96.6 cm³/mol. The molecule has 0 spiro atoms. The Balaban J connectivity index is 1.43. The lowest BCUT2D eigenvalue weighted by molar-refractivity contribution is 0.0321. The molecule has 0 N–H and O–H groups in total. The van der Waals surface area contributed by atoms with Crippen molar-refractivity contribution >= 4 is 26.7 Å². The fourth-order valence-electron chi connectivity index (χ4n) is 3.64. The van der Waals surface area contributed by atoms with Gasteiger partial charge in [0.1, 0.15) is 0 Å². The van der Waals surface area contributed by atoms with E-state index >= 15 is 0 Å². The molecule has 2 aliphatic heterocycles. The number of hydrogen-bond acceptors (Lipinski definition) is 5. The number of anilines is 1. The lowest BCUT2D eigenvalue weighted by atomic mass is 10.1. The minimum Gasteiger partial charge on any atom is -0.381 e. The lowest BCUT2D eigenvalue weighted by Crippen LogP contribution is -2.51. The van der Waals surface area contributed by atoms with Gasteiger partial charge in [-0.25, -0.2) is 4.98 Å². The molecule has 0 unspecified atom stereocenters. The maximum absolute atomic E-state index is 5.49. The first-order valence-corrected chi connectivity index (χ1v) is 9.61.